The van der Waals surface area contributed by atoms with Crippen LogP contribution < -0.4 is 0 Å². The molecular weight excluding hydrogens is 251 g/mol. The van der Waals surface area contributed by atoms with E-state index in [1.807, 2.05) is 0 Å². The molecule has 1 nitrogen and oxygen atoms in total. The third kappa shape index (κ3) is 18.1. The summed E-state index contributed by atoms with van der Waals surface area (Å²) in [5.74, 6) is 0.883. The van der Waals surface area contributed by atoms with E-state index in [0.29, 0.717) is 0 Å². The first-order valence-corrected chi connectivity index (χ1v) is 9.74. The number of unbranched alkanes of at least 4 members (excludes halogenated alkanes) is 11. The molecule has 114 valence electrons. The van der Waals surface area contributed by atoms with Gasteiger partial charge in [0.25, 0.3) is 0 Å². The van der Waals surface area contributed by atoms with Gasteiger partial charge in [0.2, 0.25) is 0 Å². The van der Waals surface area contributed by atoms with Crippen molar-refractivity contribution >= 4 is 8.46 Å². The van der Waals surface area contributed by atoms with Crippen molar-refractivity contribution in [1.82, 2.24) is 0 Å². The lowest BCUT2D eigenvalue weighted by Gasteiger charge is -2.04. The van der Waals surface area contributed by atoms with Gasteiger partial charge in [-0.1, -0.05) is 89.0 Å². The Hall–Kier alpha value is 0.100. The van der Waals surface area contributed by atoms with Gasteiger partial charge in [-0.05, 0) is 18.8 Å². The van der Waals surface area contributed by atoms with E-state index in [4.69, 9.17) is 0 Å². The monoisotopic (exact) mass is 287 g/mol. The lowest BCUT2D eigenvalue weighted by Crippen LogP contribution is -1.87. The summed E-state index contributed by atoms with van der Waals surface area (Å²) >= 11 is 0. The van der Waals surface area contributed by atoms with Crippen LogP contribution in [-0.2, 0) is 4.57 Å². The molecule has 0 aromatic heterocycles. The highest BCUT2D eigenvalue weighted by Crippen LogP contribution is 2.14. The van der Waals surface area contributed by atoms with Gasteiger partial charge in [0.1, 0.15) is 6.16 Å². The lowest BCUT2D eigenvalue weighted by molar-refractivity contribution is 0.503. The highest BCUT2D eigenvalue weighted by atomic mass is 31.1. The highest BCUT2D eigenvalue weighted by molar-refractivity contribution is 7.23. The molecule has 0 aromatic carbocycles. The summed E-state index contributed by atoms with van der Waals surface area (Å²) in [5.41, 5.74) is 0. The molecule has 0 N–H and O–H groups in total. The molecule has 0 fully saturated rings. The molecule has 0 radical (unpaired) electrons. The van der Waals surface area contributed by atoms with Gasteiger partial charge < -0.3 is 0 Å². The fourth-order valence-corrected chi connectivity index (χ4v) is 2.91. The van der Waals surface area contributed by atoms with Crippen molar-refractivity contribution in [3.05, 3.63) is 0 Å². The molecule has 0 saturated carbocycles. The van der Waals surface area contributed by atoms with E-state index in [2.05, 4.69) is 13.8 Å². The summed E-state index contributed by atoms with van der Waals surface area (Å²) in [6.07, 6.45) is 19.0. The predicted octanol–water partition coefficient (Wildman–Crippen LogP) is 6.74. The molecule has 19 heavy (non-hydrogen) atoms. The molecule has 0 saturated heterocycles. The third-order valence-corrected chi connectivity index (χ3v) is 4.37. The summed E-state index contributed by atoms with van der Waals surface area (Å²) in [5, 5.41) is 0. The zero-order valence-electron chi connectivity index (χ0n) is 13.4. The smallest absolute Gasteiger partial charge is 0.0775 e. The van der Waals surface area contributed by atoms with Crippen molar-refractivity contribution in [2.24, 2.45) is 5.92 Å². The maximum Gasteiger partial charge on any atom is 0.324 e. The predicted molar refractivity (Wildman–Crippen MR) is 88.7 cm³/mol. The van der Waals surface area contributed by atoms with Gasteiger partial charge in [-0.15, -0.1) is 0 Å². The molecular formula is C17H36OP+. The summed E-state index contributed by atoms with van der Waals surface area (Å²) in [6, 6.07) is 0. The van der Waals surface area contributed by atoms with Crippen molar-refractivity contribution in [2.45, 2.75) is 97.3 Å². The normalized spacial score (nSPS) is 11.5. The Morgan fingerprint density at radius 3 is 1.37 bits per heavy atom. The van der Waals surface area contributed by atoms with Gasteiger partial charge in [0, 0.05) is 0 Å². The second kappa shape index (κ2) is 16.2. The standard InChI is InChI=1S/C17H35OP/c1-17(2)15-13-11-9-7-5-3-4-6-8-10-12-14-16-19-18/h17H,3-16H2,1-2H3/p+1. The fraction of sp³-hybridized carbons (Fsp3) is 1.00. The van der Waals surface area contributed by atoms with Crippen LogP contribution in [0.25, 0.3) is 0 Å². The van der Waals surface area contributed by atoms with Gasteiger partial charge in [-0.25, -0.2) is 0 Å². The van der Waals surface area contributed by atoms with Crippen molar-refractivity contribution < 1.29 is 4.57 Å². The summed E-state index contributed by atoms with van der Waals surface area (Å²) in [7, 11) is -0.0824. The molecule has 2 heteroatoms. The van der Waals surface area contributed by atoms with Crippen LogP contribution in [0.5, 0.6) is 0 Å². The van der Waals surface area contributed by atoms with Crippen LogP contribution in [0.1, 0.15) is 97.3 Å². The van der Waals surface area contributed by atoms with Gasteiger partial charge in [-0.3, -0.25) is 0 Å². The quantitative estimate of drug-likeness (QED) is 0.241. The highest BCUT2D eigenvalue weighted by Gasteiger charge is 1.96. The molecule has 0 aliphatic heterocycles. The average molecular weight is 287 g/mol. The van der Waals surface area contributed by atoms with Crippen LogP contribution >= 0.6 is 8.46 Å². The first-order valence-electron chi connectivity index (χ1n) is 8.62. The fourth-order valence-electron chi connectivity index (χ4n) is 2.52. The number of hydrogen-bond donors (Lipinski definition) is 0. The maximum absolute atomic E-state index is 10.3. The summed E-state index contributed by atoms with van der Waals surface area (Å²) in [4.78, 5) is 0. The molecule has 0 aromatic rings. The van der Waals surface area contributed by atoms with E-state index in [0.717, 1.165) is 12.1 Å². The molecule has 1 atom stereocenters. The van der Waals surface area contributed by atoms with Crippen LogP contribution in [-0.4, -0.2) is 6.16 Å². The second-order valence-electron chi connectivity index (χ2n) is 6.32. The average Bonchev–Trinajstić information content (AvgIpc) is 2.39. The SMILES string of the molecule is CC(C)CCCCCCCCCCCCCC[PH+]=O. The van der Waals surface area contributed by atoms with Gasteiger partial charge in [0.15, 0.2) is 0 Å². The zero-order valence-corrected chi connectivity index (χ0v) is 14.4. The first-order chi connectivity index (χ1) is 9.27. The molecule has 0 aliphatic carbocycles. The molecule has 0 bridgehead atoms. The summed E-state index contributed by atoms with van der Waals surface area (Å²) < 4.78 is 10.3. The Kier molecular flexibility index (Phi) is 16.2. The van der Waals surface area contributed by atoms with Crippen LogP contribution in [0, 0.1) is 5.92 Å². The Labute approximate surface area is 123 Å². The number of rotatable bonds is 15. The summed E-state index contributed by atoms with van der Waals surface area (Å²) in [6.45, 7) is 4.64. The van der Waals surface area contributed by atoms with Gasteiger partial charge in [-0.2, -0.15) is 0 Å². The minimum atomic E-state index is -0.0824. The Morgan fingerprint density at radius 2 is 1.00 bits per heavy atom. The van der Waals surface area contributed by atoms with Crippen molar-refractivity contribution in [2.75, 3.05) is 6.16 Å². The largest absolute Gasteiger partial charge is 0.324 e. The zero-order chi connectivity index (χ0) is 14.2. The van der Waals surface area contributed by atoms with Crippen LogP contribution in [0.15, 0.2) is 0 Å². The van der Waals surface area contributed by atoms with E-state index in [1.165, 1.54) is 83.5 Å². The van der Waals surface area contributed by atoms with E-state index in [9.17, 15) is 4.57 Å². The van der Waals surface area contributed by atoms with Crippen molar-refractivity contribution in [1.29, 1.82) is 0 Å². The third-order valence-electron chi connectivity index (χ3n) is 3.81. The Balaban J connectivity index is 2.93. The second-order valence-corrected chi connectivity index (χ2v) is 7.11. The van der Waals surface area contributed by atoms with E-state index in [-0.39, 0.29) is 8.46 Å². The minimum Gasteiger partial charge on any atom is -0.0775 e. The van der Waals surface area contributed by atoms with Gasteiger partial charge >= 0.3 is 8.46 Å². The minimum absolute atomic E-state index is 0.0824. The van der Waals surface area contributed by atoms with E-state index in [1.54, 1.807) is 0 Å². The Bertz CT molecular complexity index is 180. The molecule has 0 amide bonds. The van der Waals surface area contributed by atoms with Crippen molar-refractivity contribution in [3.63, 3.8) is 0 Å². The van der Waals surface area contributed by atoms with Crippen molar-refractivity contribution in [3.8, 4) is 0 Å². The van der Waals surface area contributed by atoms with E-state index < -0.39 is 0 Å². The molecule has 0 spiro atoms. The first kappa shape index (κ1) is 19.1. The Morgan fingerprint density at radius 1 is 0.632 bits per heavy atom. The lowest BCUT2D eigenvalue weighted by atomic mass is 10.0. The molecule has 1 unspecified atom stereocenters. The maximum atomic E-state index is 10.3. The van der Waals surface area contributed by atoms with Crippen LogP contribution in [0.4, 0.5) is 0 Å². The molecule has 0 heterocycles. The topological polar surface area (TPSA) is 17.1 Å². The van der Waals surface area contributed by atoms with E-state index >= 15 is 0 Å². The van der Waals surface area contributed by atoms with Gasteiger partial charge in [0.05, 0.1) is 0 Å². The van der Waals surface area contributed by atoms with Crippen LogP contribution in [0.3, 0.4) is 0 Å². The molecule has 0 rings (SSSR count). The van der Waals surface area contributed by atoms with Crippen LogP contribution in [0.2, 0.25) is 0 Å². The number of hydrogen-bond acceptors (Lipinski definition) is 1. The molecule has 0 aliphatic rings.